The zero-order valence-corrected chi connectivity index (χ0v) is 21.0. The van der Waals surface area contributed by atoms with Crippen molar-refractivity contribution in [2.45, 2.75) is 46.1 Å². The summed E-state index contributed by atoms with van der Waals surface area (Å²) in [5.41, 5.74) is 1.71. The molecule has 1 aromatic heterocycles. The summed E-state index contributed by atoms with van der Waals surface area (Å²) in [6.07, 6.45) is 0.688. The van der Waals surface area contributed by atoms with Crippen molar-refractivity contribution in [2.24, 2.45) is 5.92 Å². The summed E-state index contributed by atoms with van der Waals surface area (Å²) in [5.74, 6) is 0.889. The van der Waals surface area contributed by atoms with Gasteiger partial charge in [0.15, 0.2) is 5.43 Å². The smallest absolute Gasteiger partial charge is 0.407 e. The van der Waals surface area contributed by atoms with Crippen molar-refractivity contribution in [1.82, 2.24) is 10.6 Å². The summed E-state index contributed by atoms with van der Waals surface area (Å²) < 4.78 is 11.4. The van der Waals surface area contributed by atoms with Gasteiger partial charge in [0.1, 0.15) is 16.9 Å². The molecule has 1 atom stereocenters. The quantitative estimate of drug-likeness (QED) is 0.401. The lowest BCUT2D eigenvalue weighted by Gasteiger charge is -2.20. The number of carbonyl (C=O) groups excluding carboxylic acids is 1. The molecule has 0 aliphatic carbocycles. The lowest BCUT2D eigenvalue weighted by Crippen LogP contribution is -2.37. The molecule has 0 aliphatic rings. The molecule has 0 spiro atoms. The van der Waals surface area contributed by atoms with E-state index in [9.17, 15) is 9.59 Å². The first kappa shape index (κ1) is 25.8. The number of carbonyl (C=O) groups is 1. The van der Waals surface area contributed by atoms with Crippen LogP contribution in [-0.2, 0) is 17.6 Å². The van der Waals surface area contributed by atoms with E-state index in [1.165, 1.54) is 0 Å². The van der Waals surface area contributed by atoms with Gasteiger partial charge in [-0.3, -0.25) is 4.79 Å². The number of benzene rings is 2. The summed E-state index contributed by atoms with van der Waals surface area (Å²) >= 11 is 6.14. The lowest BCUT2D eigenvalue weighted by atomic mass is 9.97. The van der Waals surface area contributed by atoms with E-state index < -0.39 is 11.7 Å². The fraction of sp³-hybridized carbons (Fsp3) is 0.407. The predicted molar refractivity (Wildman–Crippen MR) is 137 cm³/mol. The van der Waals surface area contributed by atoms with Gasteiger partial charge in [0, 0.05) is 42.6 Å². The number of fused-ring (bicyclic) bond motifs is 1. The molecule has 1 unspecified atom stereocenters. The van der Waals surface area contributed by atoms with Crippen LogP contribution >= 0.6 is 11.6 Å². The number of halogens is 1. The molecule has 2 aromatic carbocycles. The minimum absolute atomic E-state index is 0.0153. The Bertz CT molecular complexity index is 1170. The van der Waals surface area contributed by atoms with E-state index in [0.717, 1.165) is 5.56 Å². The number of hydrogen-bond acceptors (Lipinski definition) is 5. The molecule has 0 bridgehead atoms. The first-order chi connectivity index (χ1) is 16.1. The molecular formula is C27H33ClN2O4. The summed E-state index contributed by atoms with van der Waals surface area (Å²) in [5, 5.41) is 7.15. The Kier molecular flexibility index (Phi) is 8.75. The molecule has 0 saturated carbocycles. The first-order valence-electron chi connectivity index (χ1n) is 11.6. The molecule has 7 heteroatoms. The molecule has 1 amide bonds. The zero-order valence-electron chi connectivity index (χ0n) is 20.2. The SMILES string of the molecule is CC(CNCCNC(=O)OC(C)(C)C)Cc1oc2cc(Cl)ccc2c(=O)c1Cc1ccccc1. The summed E-state index contributed by atoms with van der Waals surface area (Å²) in [7, 11) is 0. The highest BCUT2D eigenvalue weighted by atomic mass is 35.5. The van der Waals surface area contributed by atoms with E-state index in [-0.39, 0.29) is 11.3 Å². The van der Waals surface area contributed by atoms with Gasteiger partial charge >= 0.3 is 6.09 Å². The molecule has 34 heavy (non-hydrogen) atoms. The minimum Gasteiger partial charge on any atom is -0.460 e. The van der Waals surface area contributed by atoms with E-state index in [1.54, 1.807) is 18.2 Å². The number of rotatable bonds is 9. The van der Waals surface area contributed by atoms with Crippen LogP contribution in [0.15, 0.2) is 57.7 Å². The van der Waals surface area contributed by atoms with Crippen LogP contribution in [0.5, 0.6) is 0 Å². The van der Waals surface area contributed by atoms with E-state index >= 15 is 0 Å². The Morgan fingerprint density at radius 2 is 1.85 bits per heavy atom. The van der Waals surface area contributed by atoms with E-state index in [1.807, 2.05) is 51.1 Å². The molecule has 1 heterocycles. The van der Waals surface area contributed by atoms with Gasteiger partial charge in [-0.2, -0.15) is 0 Å². The maximum absolute atomic E-state index is 13.3. The fourth-order valence-electron chi connectivity index (χ4n) is 3.70. The van der Waals surface area contributed by atoms with Crippen molar-refractivity contribution < 1.29 is 13.9 Å². The summed E-state index contributed by atoms with van der Waals surface area (Å²) in [4.78, 5) is 25.1. The third-order valence-electron chi connectivity index (χ3n) is 5.25. The van der Waals surface area contributed by atoms with Gasteiger partial charge < -0.3 is 19.8 Å². The Hall–Kier alpha value is -2.83. The molecule has 0 radical (unpaired) electrons. The number of hydrogen-bond donors (Lipinski definition) is 2. The molecule has 3 rings (SSSR count). The number of ether oxygens (including phenoxy) is 1. The summed E-state index contributed by atoms with van der Waals surface area (Å²) in [6.45, 7) is 9.37. The van der Waals surface area contributed by atoms with Crippen LogP contribution in [0.3, 0.4) is 0 Å². The van der Waals surface area contributed by atoms with Gasteiger partial charge in [-0.25, -0.2) is 4.79 Å². The number of alkyl carbamates (subject to hydrolysis) is 1. The van der Waals surface area contributed by atoms with Crippen LogP contribution in [0.1, 0.15) is 44.6 Å². The Balaban J connectivity index is 1.67. The van der Waals surface area contributed by atoms with Gasteiger partial charge in [0.2, 0.25) is 0 Å². The lowest BCUT2D eigenvalue weighted by molar-refractivity contribution is 0.0528. The Morgan fingerprint density at radius 1 is 1.12 bits per heavy atom. The Morgan fingerprint density at radius 3 is 2.56 bits per heavy atom. The highest BCUT2D eigenvalue weighted by molar-refractivity contribution is 6.31. The van der Waals surface area contributed by atoms with Crippen molar-refractivity contribution in [2.75, 3.05) is 19.6 Å². The molecule has 3 aromatic rings. The van der Waals surface area contributed by atoms with Gasteiger partial charge in [0.25, 0.3) is 0 Å². The maximum Gasteiger partial charge on any atom is 0.407 e. The highest BCUT2D eigenvalue weighted by Gasteiger charge is 2.18. The zero-order chi connectivity index (χ0) is 24.7. The predicted octanol–water partition coefficient (Wildman–Crippen LogP) is 5.33. The average Bonchev–Trinajstić information content (AvgIpc) is 2.75. The number of nitrogens with one attached hydrogen (secondary N) is 2. The van der Waals surface area contributed by atoms with E-state index in [0.29, 0.717) is 59.8 Å². The van der Waals surface area contributed by atoms with Crippen LogP contribution in [0.2, 0.25) is 5.02 Å². The fourth-order valence-corrected chi connectivity index (χ4v) is 3.86. The van der Waals surface area contributed by atoms with E-state index in [2.05, 4.69) is 17.6 Å². The van der Waals surface area contributed by atoms with E-state index in [4.69, 9.17) is 20.8 Å². The van der Waals surface area contributed by atoms with Crippen molar-refractivity contribution in [3.63, 3.8) is 0 Å². The summed E-state index contributed by atoms with van der Waals surface area (Å²) in [6, 6.07) is 15.1. The monoisotopic (exact) mass is 484 g/mol. The van der Waals surface area contributed by atoms with Crippen molar-refractivity contribution in [1.29, 1.82) is 0 Å². The highest BCUT2D eigenvalue weighted by Crippen LogP contribution is 2.23. The molecule has 0 fully saturated rings. The van der Waals surface area contributed by atoms with Gasteiger partial charge in [-0.05, 0) is 50.9 Å². The molecule has 0 aliphatic heterocycles. The third-order valence-corrected chi connectivity index (χ3v) is 5.49. The third kappa shape index (κ3) is 7.61. The molecule has 6 nitrogen and oxygen atoms in total. The second-order valence-corrected chi connectivity index (χ2v) is 10.0. The standard InChI is InChI=1S/C27H33ClN2O4/c1-18(17-29-12-13-30-26(32)34-27(2,3)4)14-23-22(15-19-8-6-5-7-9-19)25(31)21-11-10-20(28)16-24(21)33-23/h5-11,16,18,29H,12-15,17H2,1-4H3,(H,30,32). The van der Waals surface area contributed by atoms with Crippen molar-refractivity contribution in [3.05, 3.63) is 80.7 Å². The van der Waals surface area contributed by atoms with Crippen molar-refractivity contribution >= 4 is 28.7 Å². The van der Waals surface area contributed by atoms with Crippen LogP contribution < -0.4 is 16.1 Å². The second kappa shape index (κ2) is 11.5. The normalized spacial score (nSPS) is 12.5. The largest absolute Gasteiger partial charge is 0.460 e. The second-order valence-electron chi connectivity index (χ2n) is 9.58. The maximum atomic E-state index is 13.3. The van der Waals surface area contributed by atoms with Crippen LogP contribution in [0.25, 0.3) is 11.0 Å². The first-order valence-corrected chi connectivity index (χ1v) is 12.0. The average molecular weight is 485 g/mol. The molecular weight excluding hydrogens is 452 g/mol. The minimum atomic E-state index is -0.516. The van der Waals surface area contributed by atoms with Crippen LogP contribution in [0.4, 0.5) is 4.79 Å². The molecule has 2 N–H and O–H groups in total. The van der Waals surface area contributed by atoms with Gasteiger partial charge in [0.05, 0.1) is 5.39 Å². The van der Waals surface area contributed by atoms with Gasteiger partial charge in [-0.15, -0.1) is 0 Å². The van der Waals surface area contributed by atoms with Crippen molar-refractivity contribution in [3.8, 4) is 0 Å². The van der Waals surface area contributed by atoms with Crippen LogP contribution in [0, 0.1) is 5.92 Å². The Labute approximate surface area is 205 Å². The van der Waals surface area contributed by atoms with Gasteiger partial charge in [-0.1, -0.05) is 48.9 Å². The topological polar surface area (TPSA) is 80.6 Å². The molecule has 0 saturated heterocycles. The number of amides is 1. The van der Waals surface area contributed by atoms with Crippen LogP contribution in [-0.4, -0.2) is 31.3 Å². The molecule has 182 valence electrons.